The standard InChI is InChI=1S/C13H14N2O5/c16-7-8-1-3-9(4-2-8)12(18)15-6-11(17)14-5-10(15)13(19)20/h1-4,10,16H,5-7H2,(H,14,17)(H,19,20). The maximum absolute atomic E-state index is 12.3. The van der Waals surface area contributed by atoms with Crippen LogP contribution in [0.15, 0.2) is 24.3 Å². The molecule has 1 atom stereocenters. The lowest BCUT2D eigenvalue weighted by Gasteiger charge is -2.32. The van der Waals surface area contributed by atoms with Crippen LogP contribution in [0.1, 0.15) is 15.9 Å². The first-order chi connectivity index (χ1) is 9.52. The minimum Gasteiger partial charge on any atom is -0.480 e. The average Bonchev–Trinajstić information content (AvgIpc) is 2.46. The second-order valence-electron chi connectivity index (χ2n) is 4.45. The van der Waals surface area contributed by atoms with Crippen molar-refractivity contribution >= 4 is 17.8 Å². The summed E-state index contributed by atoms with van der Waals surface area (Å²) in [5, 5.41) is 20.5. The van der Waals surface area contributed by atoms with E-state index in [1.165, 1.54) is 12.1 Å². The first-order valence-corrected chi connectivity index (χ1v) is 6.03. The first kappa shape index (κ1) is 14.0. The number of carbonyl (C=O) groups is 3. The van der Waals surface area contributed by atoms with Crippen LogP contribution in [0, 0.1) is 0 Å². The molecule has 1 heterocycles. The number of carboxylic acid groups (broad SMARTS) is 1. The highest BCUT2D eigenvalue weighted by atomic mass is 16.4. The third-order valence-corrected chi connectivity index (χ3v) is 3.11. The number of benzene rings is 1. The van der Waals surface area contributed by atoms with Gasteiger partial charge in [-0.3, -0.25) is 9.59 Å². The zero-order valence-corrected chi connectivity index (χ0v) is 10.6. The van der Waals surface area contributed by atoms with Crippen LogP contribution in [0.4, 0.5) is 0 Å². The maximum atomic E-state index is 12.3. The molecule has 1 aromatic rings. The number of aliphatic hydroxyl groups is 1. The van der Waals surface area contributed by atoms with Gasteiger partial charge in [0.2, 0.25) is 5.91 Å². The van der Waals surface area contributed by atoms with Crippen LogP contribution in [-0.4, -0.2) is 52.0 Å². The molecule has 1 unspecified atom stereocenters. The average molecular weight is 278 g/mol. The van der Waals surface area contributed by atoms with Crippen LogP contribution >= 0.6 is 0 Å². The number of rotatable bonds is 3. The zero-order valence-electron chi connectivity index (χ0n) is 10.6. The smallest absolute Gasteiger partial charge is 0.328 e. The number of carboxylic acids is 1. The number of carbonyl (C=O) groups excluding carboxylic acids is 2. The molecule has 0 radical (unpaired) electrons. The van der Waals surface area contributed by atoms with Gasteiger partial charge in [0.15, 0.2) is 0 Å². The van der Waals surface area contributed by atoms with Crippen LogP contribution in [-0.2, 0) is 16.2 Å². The van der Waals surface area contributed by atoms with Gasteiger partial charge in [0, 0.05) is 12.1 Å². The Kier molecular flexibility index (Phi) is 3.99. The molecular formula is C13H14N2O5. The van der Waals surface area contributed by atoms with Crippen molar-refractivity contribution in [1.82, 2.24) is 10.2 Å². The maximum Gasteiger partial charge on any atom is 0.328 e. The number of hydrogen-bond donors (Lipinski definition) is 3. The second-order valence-corrected chi connectivity index (χ2v) is 4.45. The molecule has 7 nitrogen and oxygen atoms in total. The summed E-state index contributed by atoms with van der Waals surface area (Å²) in [4.78, 5) is 35.8. The summed E-state index contributed by atoms with van der Waals surface area (Å²) in [6.45, 7) is -0.523. The molecule has 2 rings (SSSR count). The summed E-state index contributed by atoms with van der Waals surface area (Å²) in [5.74, 6) is -2.06. The van der Waals surface area contributed by atoms with Crippen LogP contribution in [0.5, 0.6) is 0 Å². The topological polar surface area (TPSA) is 107 Å². The van der Waals surface area contributed by atoms with Crippen LogP contribution < -0.4 is 5.32 Å². The zero-order chi connectivity index (χ0) is 14.7. The molecule has 0 aliphatic carbocycles. The Labute approximate surface area is 114 Å². The van der Waals surface area contributed by atoms with E-state index in [1.54, 1.807) is 12.1 Å². The van der Waals surface area contributed by atoms with Crippen LogP contribution in [0.3, 0.4) is 0 Å². The molecule has 106 valence electrons. The summed E-state index contributed by atoms with van der Waals surface area (Å²) < 4.78 is 0. The van der Waals surface area contributed by atoms with Crippen molar-refractivity contribution in [2.24, 2.45) is 0 Å². The van der Waals surface area contributed by atoms with E-state index in [9.17, 15) is 14.4 Å². The van der Waals surface area contributed by atoms with E-state index < -0.39 is 17.9 Å². The van der Waals surface area contributed by atoms with Crippen molar-refractivity contribution in [3.05, 3.63) is 35.4 Å². The molecule has 0 aromatic heterocycles. The summed E-state index contributed by atoms with van der Waals surface area (Å²) in [7, 11) is 0. The Morgan fingerprint density at radius 3 is 2.50 bits per heavy atom. The minimum absolute atomic E-state index is 0.103. The molecule has 1 aliphatic rings. The molecule has 1 aromatic carbocycles. The molecule has 3 N–H and O–H groups in total. The lowest BCUT2D eigenvalue weighted by molar-refractivity contribution is -0.144. The van der Waals surface area contributed by atoms with E-state index in [-0.39, 0.29) is 31.2 Å². The Morgan fingerprint density at radius 2 is 1.95 bits per heavy atom. The van der Waals surface area contributed by atoms with Crippen molar-refractivity contribution in [2.75, 3.05) is 13.1 Å². The molecule has 1 fully saturated rings. The summed E-state index contributed by atoms with van der Waals surface area (Å²) in [6.07, 6.45) is 0. The van der Waals surface area contributed by atoms with Gasteiger partial charge in [-0.05, 0) is 17.7 Å². The van der Waals surface area contributed by atoms with E-state index >= 15 is 0 Å². The Bertz CT molecular complexity index is 540. The van der Waals surface area contributed by atoms with Gasteiger partial charge in [-0.1, -0.05) is 12.1 Å². The highest BCUT2D eigenvalue weighted by molar-refractivity contribution is 5.99. The molecular weight excluding hydrogens is 264 g/mol. The van der Waals surface area contributed by atoms with E-state index in [2.05, 4.69) is 5.32 Å². The second kappa shape index (κ2) is 5.70. The van der Waals surface area contributed by atoms with Gasteiger partial charge < -0.3 is 20.4 Å². The normalized spacial score (nSPS) is 18.6. The van der Waals surface area contributed by atoms with E-state index in [0.717, 1.165) is 4.90 Å². The molecule has 20 heavy (non-hydrogen) atoms. The minimum atomic E-state index is -1.16. The monoisotopic (exact) mass is 278 g/mol. The third-order valence-electron chi connectivity index (χ3n) is 3.11. The quantitative estimate of drug-likeness (QED) is 0.671. The van der Waals surface area contributed by atoms with Crippen molar-refractivity contribution in [1.29, 1.82) is 0 Å². The fourth-order valence-corrected chi connectivity index (χ4v) is 1.99. The lowest BCUT2D eigenvalue weighted by atomic mass is 10.1. The summed E-state index contributed by atoms with van der Waals surface area (Å²) in [6, 6.07) is 5.08. The number of nitrogens with one attached hydrogen (secondary N) is 1. The fourth-order valence-electron chi connectivity index (χ4n) is 1.99. The van der Waals surface area contributed by atoms with E-state index in [4.69, 9.17) is 10.2 Å². The van der Waals surface area contributed by atoms with Gasteiger partial charge in [-0.25, -0.2) is 4.79 Å². The molecule has 1 aliphatic heterocycles. The molecule has 7 heteroatoms. The highest BCUT2D eigenvalue weighted by Crippen LogP contribution is 2.12. The van der Waals surface area contributed by atoms with E-state index in [1.807, 2.05) is 0 Å². The largest absolute Gasteiger partial charge is 0.480 e. The van der Waals surface area contributed by atoms with Gasteiger partial charge in [-0.2, -0.15) is 0 Å². The molecule has 0 spiro atoms. The Morgan fingerprint density at radius 1 is 1.30 bits per heavy atom. The molecule has 0 saturated carbocycles. The van der Waals surface area contributed by atoms with Gasteiger partial charge in [0.05, 0.1) is 6.61 Å². The van der Waals surface area contributed by atoms with Crippen molar-refractivity contribution in [3.63, 3.8) is 0 Å². The SMILES string of the molecule is O=C1CN(C(=O)c2ccc(CO)cc2)C(C(=O)O)CN1. The Hall–Kier alpha value is -2.41. The summed E-state index contributed by atoms with van der Waals surface area (Å²) in [5.41, 5.74) is 0.927. The third kappa shape index (κ3) is 2.77. The van der Waals surface area contributed by atoms with Gasteiger partial charge in [0.1, 0.15) is 12.6 Å². The number of hydrogen-bond acceptors (Lipinski definition) is 4. The van der Waals surface area contributed by atoms with E-state index in [0.29, 0.717) is 5.56 Å². The number of aliphatic hydroxyl groups excluding tert-OH is 1. The number of piperazine rings is 1. The number of nitrogens with zero attached hydrogens (tertiary/aromatic N) is 1. The highest BCUT2D eigenvalue weighted by Gasteiger charge is 2.35. The van der Waals surface area contributed by atoms with Crippen molar-refractivity contribution < 1.29 is 24.6 Å². The molecule has 0 bridgehead atoms. The fraction of sp³-hybridized carbons (Fsp3) is 0.308. The molecule has 2 amide bonds. The predicted molar refractivity (Wildman–Crippen MR) is 67.8 cm³/mol. The first-order valence-electron chi connectivity index (χ1n) is 6.03. The predicted octanol–water partition coefficient (Wildman–Crippen LogP) is -0.796. The van der Waals surface area contributed by atoms with Crippen molar-refractivity contribution in [3.8, 4) is 0 Å². The van der Waals surface area contributed by atoms with Crippen LogP contribution in [0.2, 0.25) is 0 Å². The van der Waals surface area contributed by atoms with Crippen LogP contribution in [0.25, 0.3) is 0 Å². The number of aliphatic carboxylic acids is 1. The van der Waals surface area contributed by atoms with Crippen molar-refractivity contribution in [2.45, 2.75) is 12.6 Å². The van der Waals surface area contributed by atoms with Gasteiger partial charge in [0.25, 0.3) is 5.91 Å². The Balaban J connectivity index is 2.23. The lowest BCUT2D eigenvalue weighted by Crippen LogP contribution is -2.59. The van der Waals surface area contributed by atoms with Gasteiger partial charge in [-0.15, -0.1) is 0 Å². The molecule has 1 saturated heterocycles. The summed E-state index contributed by atoms with van der Waals surface area (Å²) >= 11 is 0. The number of amides is 2. The van der Waals surface area contributed by atoms with Gasteiger partial charge >= 0.3 is 5.97 Å².